The fraction of sp³-hybridized carbons (Fsp3) is 0.214. The van der Waals surface area contributed by atoms with Crippen molar-refractivity contribution in [1.82, 2.24) is 0 Å². The van der Waals surface area contributed by atoms with E-state index < -0.39 is 0 Å². The highest BCUT2D eigenvalue weighted by molar-refractivity contribution is 6.03. The van der Waals surface area contributed by atoms with Gasteiger partial charge in [0.15, 0.2) is 0 Å². The van der Waals surface area contributed by atoms with Gasteiger partial charge in [0.25, 0.3) is 0 Å². The number of benzene rings is 1. The fourth-order valence-corrected chi connectivity index (χ4v) is 1.90. The molecule has 0 amide bonds. The number of allylic oxidation sites excluding steroid dienone is 4. The van der Waals surface area contributed by atoms with Gasteiger partial charge in [-0.2, -0.15) is 0 Å². The van der Waals surface area contributed by atoms with Crippen LogP contribution in [0.25, 0.3) is 0 Å². The normalized spacial score (nSPS) is 20.6. The molecule has 1 aromatic rings. The summed E-state index contributed by atoms with van der Waals surface area (Å²) in [6.45, 7) is 0. The average Bonchev–Trinajstić information content (AvgIpc) is 2.33. The molecule has 1 heteroatoms. The van der Waals surface area contributed by atoms with Gasteiger partial charge in [-0.25, -0.2) is 0 Å². The molecule has 1 aliphatic rings. The van der Waals surface area contributed by atoms with Crippen LogP contribution in [-0.4, -0.2) is 12.8 Å². The second kappa shape index (κ2) is 4.74. The molecule has 0 N–H and O–H groups in total. The summed E-state index contributed by atoms with van der Waals surface area (Å²) in [6.07, 6.45) is 9.66. The Morgan fingerprint density at radius 3 is 2.60 bits per heavy atom. The summed E-state index contributed by atoms with van der Waals surface area (Å²) in [5.74, 6) is 0.433. The van der Waals surface area contributed by atoms with E-state index in [0.29, 0.717) is 5.92 Å². The number of hydrogen-bond acceptors (Lipinski definition) is 1. The molecule has 0 fully saturated rings. The van der Waals surface area contributed by atoms with Crippen LogP contribution in [0.4, 0.5) is 0 Å². The van der Waals surface area contributed by atoms with E-state index in [1.165, 1.54) is 11.3 Å². The lowest BCUT2D eigenvalue weighted by atomic mass is 9.91. The van der Waals surface area contributed by atoms with Crippen molar-refractivity contribution in [1.29, 1.82) is 0 Å². The van der Waals surface area contributed by atoms with E-state index in [1.54, 1.807) is 0 Å². The summed E-state index contributed by atoms with van der Waals surface area (Å²) in [4.78, 5) is 4.41. The molecule has 1 atom stereocenters. The van der Waals surface area contributed by atoms with Crippen LogP contribution in [0.1, 0.15) is 12.0 Å². The molecule has 76 valence electrons. The van der Waals surface area contributed by atoms with Crippen molar-refractivity contribution in [3.63, 3.8) is 0 Å². The number of rotatable bonds is 2. The van der Waals surface area contributed by atoms with Gasteiger partial charge in [-0.15, -0.1) is 0 Å². The first-order valence-electron chi connectivity index (χ1n) is 5.27. The quantitative estimate of drug-likeness (QED) is 0.645. The maximum atomic E-state index is 4.41. The van der Waals surface area contributed by atoms with Crippen LogP contribution in [-0.2, 0) is 0 Å². The molecule has 1 aliphatic carbocycles. The highest BCUT2D eigenvalue weighted by Crippen LogP contribution is 2.18. The summed E-state index contributed by atoms with van der Waals surface area (Å²) in [7, 11) is 1.87. The lowest BCUT2D eigenvalue weighted by Crippen LogP contribution is -2.14. The Morgan fingerprint density at radius 1 is 1.20 bits per heavy atom. The highest BCUT2D eigenvalue weighted by Gasteiger charge is 2.13. The molecular formula is C14H15N. The van der Waals surface area contributed by atoms with E-state index in [2.05, 4.69) is 53.6 Å². The zero-order valence-corrected chi connectivity index (χ0v) is 8.93. The number of nitrogens with zero attached hydrogens (tertiary/aromatic N) is 1. The molecular weight excluding hydrogens is 182 g/mol. The summed E-state index contributed by atoms with van der Waals surface area (Å²) in [5, 5.41) is 0. The Kier molecular flexibility index (Phi) is 3.13. The fourth-order valence-electron chi connectivity index (χ4n) is 1.90. The second-order valence-electron chi connectivity index (χ2n) is 3.63. The predicted octanol–water partition coefficient (Wildman–Crippen LogP) is 3.24. The van der Waals surface area contributed by atoms with Gasteiger partial charge in [0.1, 0.15) is 0 Å². The third-order valence-electron chi connectivity index (χ3n) is 2.64. The van der Waals surface area contributed by atoms with Crippen molar-refractivity contribution >= 4 is 5.71 Å². The minimum absolute atomic E-state index is 0.433. The first kappa shape index (κ1) is 9.91. The molecule has 0 bridgehead atoms. The molecule has 0 spiro atoms. The molecule has 0 radical (unpaired) electrons. The van der Waals surface area contributed by atoms with Crippen molar-refractivity contribution in [2.45, 2.75) is 6.42 Å². The molecule has 0 heterocycles. The Balaban J connectivity index is 2.26. The summed E-state index contributed by atoms with van der Waals surface area (Å²) < 4.78 is 0. The minimum atomic E-state index is 0.433. The zero-order chi connectivity index (χ0) is 10.5. The Labute approximate surface area is 90.9 Å². The molecule has 2 rings (SSSR count). The lowest BCUT2D eigenvalue weighted by Gasteiger charge is -2.15. The van der Waals surface area contributed by atoms with E-state index >= 15 is 0 Å². The van der Waals surface area contributed by atoms with Gasteiger partial charge in [0, 0.05) is 18.7 Å². The van der Waals surface area contributed by atoms with E-state index in [0.717, 1.165) is 6.42 Å². The molecule has 0 saturated heterocycles. The van der Waals surface area contributed by atoms with E-state index in [4.69, 9.17) is 0 Å². The van der Waals surface area contributed by atoms with Crippen LogP contribution in [0.3, 0.4) is 0 Å². The first-order valence-corrected chi connectivity index (χ1v) is 5.27. The second-order valence-corrected chi connectivity index (χ2v) is 3.63. The molecule has 15 heavy (non-hydrogen) atoms. The van der Waals surface area contributed by atoms with Crippen molar-refractivity contribution in [3.05, 3.63) is 60.2 Å². The van der Waals surface area contributed by atoms with Gasteiger partial charge in [0.05, 0.1) is 0 Å². The predicted molar refractivity (Wildman–Crippen MR) is 65.3 cm³/mol. The van der Waals surface area contributed by atoms with Crippen LogP contribution in [0.5, 0.6) is 0 Å². The SMILES string of the molecule is CN=C(c1ccccc1)C1C=CC=CC1. The Hall–Kier alpha value is -1.63. The monoisotopic (exact) mass is 197 g/mol. The zero-order valence-electron chi connectivity index (χ0n) is 8.93. The van der Waals surface area contributed by atoms with E-state index in [1.807, 2.05) is 13.1 Å². The van der Waals surface area contributed by atoms with E-state index in [9.17, 15) is 0 Å². The maximum Gasteiger partial charge on any atom is 0.0488 e. The van der Waals surface area contributed by atoms with Gasteiger partial charge < -0.3 is 0 Å². The molecule has 1 aromatic carbocycles. The first-order chi connectivity index (χ1) is 7.42. The smallest absolute Gasteiger partial charge is 0.0488 e. The largest absolute Gasteiger partial charge is 0.292 e. The summed E-state index contributed by atoms with van der Waals surface area (Å²) in [6, 6.07) is 10.4. The van der Waals surface area contributed by atoms with Gasteiger partial charge in [-0.3, -0.25) is 4.99 Å². The molecule has 0 aliphatic heterocycles. The number of aliphatic imine (C=N–C) groups is 1. The Morgan fingerprint density at radius 2 is 2.00 bits per heavy atom. The van der Waals surface area contributed by atoms with Crippen molar-refractivity contribution < 1.29 is 0 Å². The van der Waals surface area contributed by atoms with Crippen LogP contribution < -0.4 is 0 Å². The molecule has 0 saturated carbocycles. The minimum Gasteiger partial charge on any atom is -0.292 e. The van der Waals surface area contributed by atoms with Gasteiger partial charge in [-0.1, -0.05) is 54.6 Å². The van der Waals surface area contributed by atoms with Gasteiger partial charge in [-0.05, 0) is 12.0 Å². The highest BCUT2D eigenvalue weighted by atomic mass is 14.7. The van der Waals surface area contributed by atoms with Crippen molar-refractivity contribution in [2.24, 2.45) is 10.9 Å². The van der Waals surface area contributed by atoms with E-state index in [-0.39, 0.29) is 0 Å². The maximum absolute atomic E-state index is 4.41. The third kappa shape index (κ3) is 2.24. The average molecular weight is 197 g/mol. The summed E-state index contributed by atoms with van der Waals surface area (Å²) >= 11 is 0. The Bertz CT molecular complexity index is 399. The van der Waals surface area contributed by atoms with Crippen molar-refractivity contribution in [3.8, 4) is 0 Å². The lowest BCUT2D eigenvalue weighted by molar-refractivity contribution is 0.866. The van der Waals surface area contributed by atoms with Crippen LogP contribution in [0.2, 0.25) is 0 Å². The van der Waals surface area contributed by atoms with Gasteiger partial charge in [0.2, 0.25) is 0 Å². The number of hydrogen-bond donors (Lipinski definition) is 0. The van der Waals surface area contributed by atoms with Crippen molar-refractivity contribution in [2.75, 3.05) is 7.05 Å². The van der Waals surface area contributed by atoms with Crippen LogP contribution in [0, 0.1) is 5.92 Å². The van der Waals surface area contributed by atoms with Crippen LogP contribution >= 0.6 is 0 Å². The third-order valence-corrected chi connectivity index (χ3v) is 2.64. The standard InChI is InChI=1S/C14H15N/c1-15-14(12-8-4-2-5-9-12)13-10-6-3-7-11-13/h2-10,13H,11H2,1H3. The summed E-state index contributed by atoms with van der Waals surface area (Å²) in [5.41, 5.74) is 2.40. The topological polar surface area (TPSA) is 12.4 Å². The molecule has 1 nitrogen and oxygen atoms in total. The molecule has 0 aromatic heterocycles. The van der Waals surface area contributed by atoms with Crippen LogP contribution in [0.15, 0.2) is 59.6 Å². The molecule has 1 unspecified atom stereocenters. The van der Waals surface area contributed by atoms with Gasteiger partial charge >= 0.3 is 0 Å².